The highest BCUT2D eigenvalue weighted by Crippen LogP contribution is 2.34. The minimum Gasteiger partial charge on any atom is -0.390 e. The summed E-state index contributed by atoms with van der Waals surface area (Å²) in [5, 5.41) is 9.88. The van der Waals surface area contributed by atoms with Crippen molar-refractivity contribution >= 4 is 5.91 Å². The van der Waals surface area contributed by atoms with Gasteiger partial charge in [-0.3, -0.25) is 4.79 Å². The summed E-state index contributed by atoms with van der Waals surface area (Å²) in [4.78, 5) is 14.9. The number of rotatable bonds is 4. The van der Waals surface area contributed by atoms with Gasteiger partial charge in [0.25, 0.3) is 5.91 Å². The van der Waals surface area contributed by atoms with Gasteiger partial charge in [0.2, 0.25) is 0 Å². The second kappa shape index (κ2) is 6.64. The molecule has 3 rings (SSSR count). The Morgan fingerprint density at radius 3 is 2.61 bits per heavy atom. The molecule has 2 unspecified atom stereocenters. The van der Waals surface area contributed by atoms with E-state index in [9.17, 15) is 9.90 Å². The fourth-order valence-electron chi connectivity index (χ4n) is 4.09. The molecular formula is C20H29NO2. The van der Waals surface area contributed by atoms with Gasteiger partial charge < -0.3 is 10.0 Å². The Hall–Kier alpha value is -1.35. The first-order valence-electron chi connectivity index (χ1n) is 9.01. The monoisotopic (exact) mass is 315 g/mol. The van der Waals surface area contributed by atoms with E-state index < -0.39 is 5.60 Å². The van der Waals surface area contributed by atoms with Crippen LogP contribution < -0.4 is 0 Å². The third-order valence-corrected chi connectivity index (χ3v) is 5.34. The van der Waals surface area contributed by atoms with E-state index in [4.69, 9.17) is 0 Å². The second-order valence-corrected chi connectivity index (χ2v) is 8.12. The quantitative estimate of drug-likeness (QED) is 0.921. The standard InChI is InChI=1S/C20H29NO2/c1-20(2,23)10-9-15-5-4-8-18(12-15)19(22)21-13-16-6-3-7-17(11-16)14-21/h4-5,8,12,16-17,23H,3,6-7,9-11,13-14H2,1-2H3. The summed E-state index contributed by atoms with van der Waals surface area (Å²) in [6.45, 7) is 5.52. The molecule has 2 fully saturated rings. The van der Waals surface area contributed by atoms with Gasteiger partial charge >= 0.3 is 0 Å². The number of piperidine rings is 1. The molecule has 1 saturated heterocycles. The van der Waals surface area contributed by atoms with E-state index >= 15 is 0 Å². The lowest BCUT2D eigenvalue weighted by Crippen LogP contribution is -2.45. The maximum absolute atomic E-state index is 12.9. The number of hydrogen-bond donors (Lipinski definition) is 1. The Kier molecular flexibility index (Phi) is 4.77. The molecule has 2 aliphatic rings. The Bertz CT molecular complexity index is 549. The number of fused-ring (bicyclic) bond motifs is 2. The van der Waals surface area contributed by atoms with Crippen LogP contribution in [0.15, 0.2) is 24.3 Å². The van der Waals surface area contributed by atoms with E-state index in [1.165, 1.54) is 25.7 Å². The van der Waals surface area contributed by atoms with Crippen molar-refractivity contribution in [1.29, 1.82) is 0 Å². The molecular weight excluding hydrogens is 286 g/mol. The SMILES string of the molecule is CC(C)(O)CCc1cccc(C(=O)N2CC3CCCC(C3)C2)c1. The molecule has 2 bridgehead atoms. The Morgan fingerprint density at radius 1 is 1.26 bits per heavy atom. The highest BCUT2D eigenvalue weighted by atomic mass is 16.3. The van der Waals surface area contributed by atoms with Gasteiger partial charge in [0.1, 0.15) is 0 Å². The minimum atomic E-state index is -0.662. The third kappa shape index (κ3) is 4.35. The van der Waals surface area contributed by atoms with Crippen LogP contribution >= 0.6 is 0 Å². The lowest BCUT2D eigenvalue weighted by Gasteiger charge is -2.41. The summed E-state index contributed by atoms with van der Waals surface area (Å²) in [6, 6.07) is 7.96. The molecule has 1 aliphatic carbocycles. The van der Waals surface area contributed by atoms with Crippen molar-refractivity contribution in [2.75, 3.05) is 13.1 Å². The zero-order valence-electron chi connectivity index (χ0n) is 14.4. The van der Waals surface area contributed by atoms with Gasteiger partial charge in [0.05, 0.1) is 5.60 Å². The van der Waals surface area contributed by atoms with E-state index in [0.29, 0.717) is 18.3 Å². The Balaban J connectivity index is 1.67. The van der Waals surface area contributed by atoms with Gasteiger partial charge in [0.15, 0.2) is 0 Å². The van der Waals surface area contributed by atoms with Crippen molar-refractivity contribution in [1.82, 2.24) is 4.90 Å². The number of carbonyl (C=O) groups excluding carboxylic acids is 1. The van der Waals surface area contributed by atoms with Crippen LogP contribution in [0.25, 0.3) is 0 Å². The van der Waals surface area contributed by atoms with Gasteiger partial charge in [0, 0.05) is 18.7 Å². The van der Waals surface area contributed by atoms with Crippen LogP contribution in [0.4, 0.5) is 0 Å². The van der Waals surface area contributed by atoms with Gasteiger partial charge in [-0.2, -0.15) is 0 Å². The molecule has 1 aromatic carbocycles. The highest BCUT2D eigenvalue weighted by Gasteiger charge is 2.32. The van der Waals surface area contributed by atoms with E-state index in [0.717, 1.165) is 30.6 Å². The summed E-state index contributed by atoms with van der Waals surface area (Å²) in [5.41, 5.74) is 1.28. The first-order valence-corrected chi connectivity index (χ1v) is 9.01. The molecule has 3 nitrogen and oxygen atoms in total. The van der Waals surface area contributed by atoms with E-state index in [1.54, 1.807) is 0 Å². The largest absolute Gasteiger partial charge is 0.390 e. The number of likely N-dealkylation sites (tertiary alicyclic amines) is 1. The van der Waals surface area contributed by atoms with Crippen molar-refractivity contribution in [3.8, 4) is 0 Å². The molecule has 1 heterocycles. The maximum atomic E-state index is 12.9. The topological polar surface area (TPSA) is 40.5 Å². The molecule has 1 aromatic rings. The number of hydrogen-bond acceptors (Lipinski definition) is 2. The van der Waals surface area contributed by atoms with Crippen LogP contribution in [0, 0.1) is 11.8 Å². The summed E-state index contributed by atoms with van der Waals surface area (Å²) in [6.07, 6.45) is 6.73. The van der Waals surface area contributed by atoms with Gasteiger partial charge in [-0.25, -0.2) is 0 Å². The van der Waals surface area contributed by atoms with E-state index in [-0.39, 0.29) is 5.91 Å². The van der Waals surface area contributed by atoms with Crippen LogP contribution in [0.1, 0.15) is 61.9 Å². The van der Waals surface area contributed by atoms with E-state index in [2.05, 4.69) is 4.90 Å². The molecule has 0 aromatic heterocycles. The summed E-state index contributed by atoms with van der Waals surface area (Å²) in [5.74, 6) is 1.61. The molecule has 1 aliphatic heterocycles. The molecule has 2 atom stereocenters. The highest BCUT2D eigenvalue weighted by molar-refractivity contribution is 5.94. The average Bonchev–Trinajstić information content (AvgIpc) is 2.51. The number of aryl methyl sites for hydroxylation is 1. The van der Waals surface area contributed by atoms with Crippen molar-refractivity contribution in [3.05, 3.63) is 35.4 Å². The van der Waals surface area contributed by atoms with Crippen molar-refractivity contribution in [3.63, 3.8) is 0 Å². The van der Waals surface area contributed by atoms with Crippen molar-refractivity contribution in [2.45, 2.75) is 58.0 Å². The molecule has 1 N–H and O–H groups in total. The van der Waals surface area contributed by atoms with Crippen LogP contribution in [0.3, 0.4) is 0 Å². The van der Waals surface area contributed by atoms with Gasteiger partial charge in [-0.1, -0.05) is 18.6 Å². The average molecular weight is 315 g/mol. The smallest absolute Gasteiger partial charge is 0.253 e. The van der Waals surface area contributed by atoms with E-state index in [1.807, 2.05) is 38.1 Å². The molecule has 126 valence electrons. The molecule has 23 heavy (non-hydrogen) atoms. The van der Waals surface area contributed by atoms with Crippen LogP contribution in [-0.2, 0) is 6.42 Å². The number of amides is 1. The number of nitrogens with zero attached hydrogens (tertiary/aromatic N) is 1. The minimum absolute atomic E-state index is 0.187. The summed E-state index contributed by atoms with van der Waals surface area (Å²) < 4.78 is 0. The molecule has 0 radical (unpaired) electrons. The normalized spacial score (nSPS) is 24.6. The zero-order chi connectivity index (χ0) is 16.4. The number of aliphatic hydroxyl groups is 1. The van der Waals surface area contributed by atoms with Crippen molar-refractivity contribution in [2.24, 2.45) is 11.8 Å². The number of benzene rings is 1. The molecule has 0 spiro atoms. The molecule has 1 saturated carbocycles. The predicted molar refractivity (Wildman–Crippen MR) is 92.4 cm³/mol. The van der Waals surface area contributed by atoms with Gasteiger partial charge in [-0.15, -0.1) is 0 Å². The fourth-order valence-corrected chi connectivity index (χ4v) is 4.09. The first-order chi connectivity index (χ1) is 10.9. The maximum Gasteiger partial charge on any atom is 0.253 e. The number of carbonyl (C=O) groups is 1. The van der Waals surface area contributed by atoms with Crippen LogP contribution in [0.2, 0.25) is 0 Å². The third-order valence-electron chi connectivity index (χ3n) is 5.34. The second-order valence-electron chi connectivity index (χ2n) is 8.12. The predicted octanol–water partition coefficient (Wildman–Crippen LogP) is 3.65. The van der Waals surface area contributed by atoms with Crippen LogP contribution in [0.5, 0.6) is 0 Å². The molecule has 3 heteroatoms. The zero-order valence-corrected chi connectivity index (χ0v) is 14.4. The Labute approximate surface area is 139 Å². The lowest BCUT2D eigenvalue weighted by atomic mass is 9.78. The molecule has 1 amide bonds. The Morgan fingerprint density at radius 2 is 1.96 bits per heavy atom. The summed E-state index contributed by atoms with van der Waals surface area (Å²) >= 11 is 0. The lowest BCUT2D eigenvalue weighted by molar-refractivity contribution is 0.0504. The van der Waals surface area contributed by atoms with Crippen LogP contribution in [-0.4, -0.2) is 34.6 Å². The van der Waals surface area contributed by atoms with Crippen molar-refractivity contribution < 1.29 is 9.90 Å². The summed E-state index contributed by atoms with van der Waals surface area (Å²) in [7, 11) is 0. The fraction of sp³-hybridized carbons (Fsp3) is 0.650. The van der Waals surface area contributed by atoms with Gasteiger partial charge in [-0.05, 0) is 75.5 Å². The first kappa shape index (κ1) is 16.5.